The van der Waals surface area contributed by atoms with Crippen molar-refractivity contribution in [3.05, 3.63) is 70.2 Å². The SMILES string of the molecule is Cc1cccc(CN2CCN(CN3C(=O)NC(c4ccc(Cl)cc4)(C4CC4)C3=O)CC2)c1. The van der Waals surface area contributed by atoms with Crippen molar-refractivity contribution < 1.29 is 9.59 Å². The standard InChI is InChI=1S/C25H29ClN4O2/c1-18-3-2-4-19(15-18)16-28-11-13-29(14-12-28)17-30-23(31)25(20-5-6-20,27-24(30)32)21-7-9-22(26)10-8-21/h2-4,7-10,15,20H,5-6,11-14,16-17H2,1H3,(H,27,32). The second-order valence-electron chi connectivity index (χ2n) is 9.28. The Labute approximate surface area is 194 Å². The van der Waals surface area contributed by atoms with E-state index < -0.39 is 5.54 Å². The number of halogens is 1. The van der Waals surface area contributed by atoms with Crippen molar-refractivity contribution in [3.63, 3.8) is 0 Å². The normalized spacial score (nSPS) is 24.8. The Balaban J connectivity index is 1.24. The summed E-state index contributed by atoms with van der Waals surface area (Å²) < 4.78 is 0. The number of carbonyl (C=O) groups excluding carboxylic acids is 2. The van der Waals surface area contributed by atoms with E-state index in [1.54, 1.807) is 12.1 Å². The van der Waals surface area contributed by atoms with Crippen LogP contribution in [0.3, 0.4) is 0 Å². The number of nitrogens with zero attached hydrogens (tertiary/aromatic N) is 3. The van der Waals surface area contributed by atoms with Crippen LogP contribution in [0.1, 0.15) is 29.5 Å². The fraction of sp³-hybridized carbons (Fsp3) is 0.440. The third-order valence-electron chi connectivity index (χ3n) is 6.92. The largest absolute Gasteiger partial charge is 0.326 e. The van der Waals surface area contributed by atoms with Gasteiger partial charge in [0.1, 0.15) is 5.54 Å². The number of imide groups is 1. The van der Waals surface area contributed by atoms with Gasteiger partial charge >= 0.3 is 6.03 Å². The molecule has 2 aromatic carbocycles. The topological polar surface area (TPSA) is 55.9 Å². The number of amides is 3. The summed E-state index contributed by atoms with van der Waals surface area (Å²) in [7, 11) is 0. The number of hydrogen-bond donors (Lipinski definition) is 1. The summed E-state index contributed by atoms with van der Waals surface area (Å²) >= 11 is 6.06. The minimum atomic E-state index is -0.950. The molecule has 1 atom stereocenters. The lowest BCUT2D eigenvalue weighted by Crippen LogP contribution is -2.51. The zero-order valence-electron chi connectivity index (χ0n) is 18.4. The Kier molecular flexibility index (Phi) is 5.70. The van der Waals surface area contributed by atoms with E-state index in [1.807, 2.05) is 12.1 Å². The van der Waals surface area contributed by atoms with Crippen LogP contribution in [0.5, 0.6) is 0 Å². The molecule has 2 saturated heterocycles. The second-order valence-corrected chi connectivity index (χ2v) is 9.71. The quantitative estimate of drug-likeness (QED) is 0.680. The number of rotatable bonds is 6. The molecule has 6 nitrogen and oxygen atoms in total. The van der Waals surface area contributed by atoms with Crippen molar-refractivity contribution in [2.24, 2.45) is 5.92 Å². The molecule has 2 aliphatic heterocycles. The van der Waals surface area contributed by atoms with Crippen molar-refractivity contribution in [3.8, 4) is 0 Å². The molecule has 2 aromatic rings. The molecule has 1 N–H and O–H groups in total. The lowest BCUT2D eigenvalue weighted by Gasteiger charge is -2.36. The van der Waals surface area contributed by atoms with Crippen molar-refractivity contribution in [2.75, 3.05) is 32.8 Å². The van der Waals surface area contributed by atoms with E-state index >= 15 is 0 Å². The van der Waals surface area contributed by atoms with Gasteiger partial charge in [-0.2, -0.15) is 0 Å². The van der Waals surface area contributed by atoms with E-state index in [0.717, 1.165) is 51.1 Å². The Morgan fingerprint density at radius 1 is 1.00 bits per heavy atom. The third kappa shape index (κ3) is 4.03. The predicted molar refractivity (Wildman–Crippen MR) is 124 cm³/mol. The van der Waals surface area contributed by atoms with Gasteiger partial charge in [0, 0.05) is 37.7 Å². The van der Waals surface area contributed by atoms with Crippen molar-refractivity contribution >= 4 is 23.5 Å². The number of urea groups is 1. The summed E-state index contributed by atoms with van der Waals surface area (Å²) in [6.07, 6.45) is 1.89. The van der Waals surface area contributed by atoms with Crippen LogP contribution in [-0.2, 0) is 16.9 Å². The van der Waals surface area contributed by atoms with E-state index in [0.29, 0.717) is 11.7 Å². The van der Waals surface area contributed by atoms with Gasteiger partial charge in [0.25, 0.3) is 5.91 Å². The highest BCUT2D eigenvalue weighted by atomic mass is 35.5. The summed E-state index contributed by atoms with van der Waals surface area (Å²) in [4.78, 5) is 32.5. The molecule has 1 saturated carbocycles. The molecule has 3 fully saturated rings. The summed E-state index contributed by atoms with van der Waals surface area (Å²) in [6, 6.07) is 15.6. The summed E-state index contributed by atoms with van der Waals surface area (Å²) in [5, 5.41) is 3.68. The van der Waals surface area contributed by atoms with Gasteiger partial charge in [-0.05, 0) is 48.9 Å². The fourth-order valence-electron chi connectivity index (χ4n) is 5.02. The van der Waals surface area contributed by atoms with Crippen LogP contribution >= 0.6 is 11.6 Å². The Hall–Kier alpha value is -2.41. The molecule has 32 heavy (non-hydrogen) atoms. The molecular formula is C25H29ClN4O2. The summed E-state index contributed by atoms with van der Waals surface area (Å²) in [5.74, 6) is 0.0193. The molecule has 7 heteroatoms. The zero-order valence-corrected chi connectivity index (χ0v) is 19.1. The molecular weight excluding hydrogens is 424 g/mol. The second kappa shape index (κ2) is 8.50. The lowest BCUT2D eigenvalue weighted by atomic mass is 9.85. The van der Waals surface area contributed by atoms with Crippen molar-refractivity contribution in [2.45, 2.75) is 31.8 Å². The van der Waals surface area contributed by atoms with Crippen LogP contribution < -0.4 is 5.32 Å². The van der Waals surface area contributed by atoms with E-state index in [-0.39, 0.29) is 17.9 Å². The number of aryl methyl sites for hydroxylation is 1. The highest BCUT2D eigenvalue weighted by Crippen LogP contribution is 2.49. The molecule has 0 spiro atoms. The molecule has 0 aromatic heterocycles. The molecule has 0 radical (unpaired) electrons. The van der Waals surface area contributed by atoms with Gasteiger partial charge in [-0.1, -0.05) is 53.6 Å². The van der Waals surface area contributed by atoms with Crippen LogP contribution in [-0.4, -0.2) is 59.5 Å². The van der Waals surface area contributed by atoms with E-state index in [4.69, 9.17) is 11.6 Å². The number of carbonyl (C=O) groups is 2. The molecule has 2 heterocycles. The highest BCUT2D eigenvalue weighted by molar-refractivity contribution is 6.30. The molecule has 0 bridgehead atoms. The first-order valence-corrected chi connectivity index (χ1v) is 11.7. The number of hydrogen-bond acceptors (Lipinski definition) is 4. The van der Waals surface area contributed by atoms with E-state index in [2.05, 4.69) is 46.3 Å². The van der Waals surface area contributed by atoms with Crippen molar-refractivity contribution in [1.29, 1.82) is 0 Å². The van der Waals surface area contributed by atoms with Gasteiger partial charge in [-0.3, -0.25) is 14.6 Å². The monoisotopic (exact) mass is 452 g/mol. The van der Waals surface area contributed by atoms with E-state index in [9.17, 15) is 9.59 Å². The molecule has 1 unspecified atom stereocenters. The number of piperazine rings is 1. The summed E-state index contributed by atoms with van der Waals surface area (Å²) in [6.45, 7) is 6.89. The third-order valence-corrected chi connectivity index (χ3v) is 7.17. The maximum absolute atomic E-state index is 13.6. The number of nitrogens with one attached hydrogen (secondary N) is 1. The first kappa shape index (κ1) is 21.4. The zero-order chi connectivity index (χ0) is 22.3. The van der Waals surface area contributed by atoms with Gasteiger partial charge in [0.2, 0.25) is 0 Å². The average molecular weight is 453 g/mol. The minimum absolute atomic E-state index is 0.130. The van der Waals surface area contributed by atoms with Gasteiger partial charge in [0.15, 0.2) is 0 Å². The van der Waals surface area contributed by atoms with E-state index in [1.165, 1.54) is 16.0 Å². The predicted octanol–water partition coefficient (Wildman–Crippen LogP) is 3.58. The van der Waals surface area contributed by atoms with Crippen LogP contribution in [0.4, 0.5) is 4.79 Å². The van der Waals surface area contributed by atoms with Crippen LogP contribution in [0, 0.1) is 12.8 Å². The first-order valence-electron chi connectivity index (χ1n) is 11.4. The van der Waals surface area contributed by atoms with Gasteiger partial charge in [-0.25, -0.2) is 9.69 Å². The van der Waals surface area contributed by atoms with Crippen LogP contribution in [0.25, 0.3) is 0 Å². The molecule has 3 amide bonds. The Morgan fingerprint density at radius 2 is 1.69 bits per heavy atom. The maximum Gasteiger partial charge on any atom is 0.326 e. The Morgan fingerprint density at radius 3 is 2.34 bits per heavy atom. The fourth-order valence-corrected chi connectivity index (χ4v) is 5.14. The lowest BCUT2D eigenvalue weighted by molar-refractivity contribution is -0.134. The van der Waals surface area contributed by atoms with Crippen LogP contribution in [0.2, 0.25) is 5.02 Å². The van der Waals surface area contributed by atoms with Gasteiger partial charge < -0.3 is 5.32 Å². The van der Waals surface area contributed by atoms with Gasteiger partial charge in [0.05, 0.1) is 6.67 Å². The maximum atomic E-state index is 13.6. The van der Waals surface area contributed by atoms with Gasteiger partial charge in [-0.15, -0.1) is 0 Å². The molecule has 3 aliphatic rings. The van der Waals surface area contributed by atoms with Crippen LogP contribution in [0.15, 0.2) is 48.5 Å². The van der Waals surface area contributed by atoms with Crippen molar-refractivity contribution in [1.82, 2.24) is 20.0 Å². The molecule has 168 valence electrons. The smallest absolute Gasteiger partial charge is 0.319 e. The molecule has 1 aliphatic carbocycles. The average Bonchev–Trinajstić information content (AvgIpc) is 3.59. The first-order chi connectivity index (χ1) is 15.5. The highest BCUT2D eigenvalue weighted by Gasteiger charge is 2.60. The summed E-state index contributed by atoms with van der Waals surface area (Å²) in [5.41, 5.74) is 2.48. The minimum Gasteiger partial charge on any atom is -0.319 e. The molecule has 5 rings (SSSR count). The number of benzene rings is 2. The Bertz CT molecular complexity index is 1010.